The second-order valence-electron chi connectivity index (χ2n) is 4.17. The summed E-state index contributed by atoms with van der Waals surface area (Å²) in [6, 6.07) is 0. The van der Waals surface area contributed by atoms with Crippen molar-refractivity contribution in [3.63, 3.8) is 0 Å². The van der Waals surface area contributed by atoms with Crippen molar-refractivity contribution in [3.8, 4) is 0 Å². The molecule has 0 rings (SSSR count). The van der Waals surface area contributed by atoms with Crippen molar-refractivity contribution in [2.45, 2.75) is 46.5 Å². The number of hydrogen-bond acceptors (Lipinski definition) is 2. The second-order valence-corrected chi connectivity index (χ2v) is 4.17. The number of hydrogen-bond donors (Lipinski definition) is 0. The van der Waals surface area contributed by atoms with Gasteiger partial charge in [0.15, 0.2) is 0 Å². The van der Waals surface area contributed by atoms with Crippen LogP contribution in [0, 0.1) is 0 Å². The van der Waals surface area contributed by atoms with Crippen LogP contribution in [0.25, 0.3) is 0 Å². The Morgan fingerprint density at radius 3 is 2.31 bits per heavy atom. The van der Waals surface area contributed by atoms with E-state index in [1.54, 1.807) is 6.08 Å². The van der Waals surface area contributed by atoms with Gasteiger partial charge in [0.2, 0.25) is 0 Å². The van der Waals surface area contributed by atoms with Crippen LogP contribution in [0.4, 0.5) is 0 Å². The molecule has 0 unspecified atom stereocenters. The highest BCUT2D eigenvalue weighted by molar-refractivity contribution is 5.77. The number of unbranched alkanes of at least 4 members (excludes halogenated alkanes) is 1. The molecule has 0 N–H and O–H groups in total. The molecule has 0 amide bonds. The molecule has 2 heteroatoms. The van der Waals surface area contributed by atoms with Crippen molar-refractivity contribution < 1.29 is 9.90 Å². The number of allylic oxidation sites excluding steroid dienone is 5. The average molecular weight is 221 g/mol. The molecule has 2 nitrogen and oxygen atoms in total. The summed E-state index contributed by atoms with van der Waals surface area (Å²) >= 11 is 0. The summed E-state index contributed by atoms with van der Waals surface area (Å²) in [4.78, 5) is 10.1. The lowest BCUT2D eigenvalue weighted by molar-refractivity contribution is -0.297. The van der Waals surface area contributed by atoms with Crippen molar-refractivity contribution in [3.05, 3.63) is 35.5 Å². The third kappa shape index (κ3) is 10.8. The summed E-state index contributed by atoms with van der Waals surface area (Å²) in [5.74, 6) is -1.12. The molecule has 0 spiro atoms. The molecule has 0 saturated heterocycles. The number of aliphatic carboxylic acids is 1. The van der Waals surface area contributed by atoms with Gasteiger partial charge < -0.3 is 9.90 Å². The highest BCUT2D eigenvalue weighted by atomic mass is 16.4. The Morgan fingerprint density at radius 1 is 1.06 bits per heavy atom. The first-order chi connectivity index (χ1) is 7.52. The molecule has 0 atom stereocenters. The van der Waals surface area contributed by atoms with E-state index in [0.29, 0.717) is 0 Å². The molecule has 0 aromatic rings. The lowest BCUT2D eigenvalue weighted by atomic mass is 10.1. The maximum Gasteiger partial charge on any atom is 0.0639 e. The van der Waals surface area contributed by atoms with Gasteiger partial charge in [-0.2, -0.15) is 0 Å². The first-order valence-electron chi connectivity index (χ1n) is 5.69. The van der Waals surface area contributed by atoms with Gasteiger partial charge in [-0.1, -0.05) is 29.4 Å². The van der Waals surface area contributed by atoms with E-state index in [1.165, 1.54) is 11.1 Å². The standard InChI is InChI=1S/C14H22O2/c1-12(2)8-7-10-13(3)9-5-4-6-11-14(15)16/h6,8-9,11H,4-5,7,10H2,1-3H3,(H,15,16)/p-1/b11-6?,13-9+. The van der Waals surface area contributed by atoms with E-state index < -0.39 is 5.97 Å². The van der Waals surface area contributed by atoms with Gasteiger partial charge in [0.05, 0.1) is 5.97 Å². The summed E-state index contributed by atoms with van der Waals surface area (Å²) in [6.45, 7) is 6.31. The van der Waals surface area contributed by atoms with Gasteiger partial charge in [-0.25, -0.2) is 0 Å². The predicted octanol–water partition coefficient (Wildman–Crippen LogP) is 2.77. The Bertz CT molecular complexity index is 292. The van der Waals surface area contributed by atoms with E-state index in [1.807, 2.05) is 0 Å². The van der Waals surface area contributed by atoms with E-state index in [4.69, 9.17) is 0 Å². The summed E-state index contributed by atoms with van der Waals surface area (Å²) in [7, 11) is 0. The highest BCUT2D eigenvalue weighted by Gasteiger charge is 1.88. The molecule has 0 saturated carbocycles. The fourth-order valence-corrected chi connectivity index (χ4v) is 1.30. The maximum atomic E-state index is 10.1. The van der Waals surface area contributed by atoms with E-state index in [0.717, 1.165) is 31.8 Å². The molecule has 0 aromatic carbocycles. The van der Waals surface area contributed by atoms with Gasteiger partial charge in [-0.3, -0.25) is 0 Å². The Hall–Kier alpha value is -1.31. The molecule has 0 radical (unpaired) electrons. The first kappa shape index (κ1) is 14.7. The van der Waals surface area contributed by atoms with Crippen LogP contribution in [0.3, 0.4) is 0 Å². The van der Waals surface area contributed by atoms with Crippen molar-refractivity contribution in [2.75, 3.05) is 0 Å². The van der Waals surface area contributed by atoms with E-state index in [-0.39, 0.29) is 0 Å². The number of carboxylic acids is 1. The Kier molecular flexibility index (Phi) is 8.22. The minimum absolute atomic E-state index is 0.758. The minimum atomic E-state index is -1.12. The van der Waals surface area contributed by atoms with Crippen LogP contribution < -0.4 is 5.11 Å². The van der Waals surface area contributed by atoms with Gasteiger partial charge in [-0.05, 0) is 52.5 Å². The molecule has 0 aliphatic rings. The van der Waals surface area contributed by atoms with Crippen LogP contribution >= 0.6 is 0 Å². The molecule has 0 bridgehead atoms. The number of carbonyl (C=O) groups excluding carboxylic acids is 1. The topological polar surface area (TPSA) is 40.1 Å². The number of rotatable bonds is 7. The van der Waals surface area contributed by atoms with Gasteiger partial charge in [0, 0.05) is 0 Å². The number of carbonyl (C=O) groups is 1. The molecule has 0 aliphatic heterocycles. The fourth-order valence-electron chi connectivity index (χ4n) is 1.30. The van der Waals surface area contributed by atoms with Crippen LogP contribution in [0.2, 0.25) is 0 Å². The first-order valence-corrected chi connectivity index (χ1v) is 5.69. The highest BCUT2D eigenvalue weighted by Crippen LogP contribution is 2.08. The zero-order valence-electron chi connectivity index (χ0n) is 10.5. The summed E-state index contributed by atoms with van der Waals surface area (Å²) in [6.07, 6.45) is 10.9. The zero-order chi connectivity index (χ0) is 12.4. The molecule has 0 fully saturated rings. The van der Waals surface area contributed by atoms with Gasteiger partial charge in [-0.15, -0.1) is 0 Å². The lowest BCUT2D eigenvalue weighted by Gasteiger charge is -1.98. The Labute approximate surface area is 98.4 Å². The summed E-state index contributed by atoms with van der Waals surface area (Å²) in [5, 5.41) is 10.1. The summed E-state index contributed by atoms with van der Waals surface area (Å²) in [5.41, 5.74) is 2.71. The molecule has 0 aromatic heterocycles. The molecule has 16 heavy (non-hydrogen) atoms. The minimum Gasteiger partial charge on any atom is -0.545 e. The normalized spacial score (nSPS) is 11.8. The molecular weight excluding hydrogens is 200 g/mol. The maximum absolute atomic E-state index is 10.1. The monoisotopic (exact) mass is 221 g/mol. The fraction of sp³-hybridized carbons (Fsp3) is 0.500. The molecular formula is C14H21O2-. The van der Waals surface area contributed by atoms with Crippen molar-refractivity contribution >= 4 is 5.97 Å². The van der Waals surface area contributed by atoms with Crippen LogP contribution in [-0.4, -0.2) is 5.97 Å². The van der Waals surface area contributed by atoms with E-state index >= 15 is 0 Å². The summed E-state index contributed by atoms with van der Waals surface area (Å²) < 4.78 is 0. The van der Waals surface area contributed by atoms with Crippen molar-refractivity contribution in [2.24, 2.45) is 0 Å². The molecule has 90 valence electrons. The quantitative estimate of drug-likeness (QED) is 0.377. The van der Waals surface area contributed by atoms with Crippen LogP contribution in [0.1, 0.15) is 46.5 Å². The predicted molar refractivity (Wildman–Crippen MR) is 65.8 cm³/mol. The molecule has 0 aliphatic carbocycles. The molecule has 0 heterocycles. The average Bonchev–Trinajstić information content (AvgIpc) is 2.16. The zero-order valence-corrected chi connectivity index (χ0v) is 10.5. The third-order valence-corrected chi connectivity index (χ3v) is 2.17. The van der Waals surface area contributed by atoms with Crippen LogP contribution in [0.15, 0.2) is 35.5 Å². The lowest BCUT2D eigenvalue weighted by Crippen LogP contribution is -2.18. The van der Waals surface area contributed by atoms with Crippen molar-refractivity contribution in [1.29, 1.82) is 0 Å². The number of carboxylic acid groups (broad SMARTS) is 1. The largest absolute Gasteiger partial charge is 0.545 e. The van der Waals surface area contributed by atoms with Crippen molar-refractivity contribution in [1.82, 2.24) is 0 Å². The Morgan fingerprint density at radius 2 is 1.75 bits per heavy atom. The second kappa shape index (κ2) is 8.96. The SMILES string of the molecule is CC(C)=CCC/C(C)=C/CCC=CC(=O)[O-]. The van der Waals surface area contributed by atoms with Gasteiger partial charge in [0.1, 0.15) is 0 Å². The van der Waals surface area contributed by atoms with E-state index in [2.05, 4.69) is 32.9 Å². The third-order valence-electron chi connectivity index (χ3n) is 2.17. The van der Waals surface area contributed by atoms with Crippen LogP contribution in [-0.2, 0) is 4.79 Å². The van der Waals surface area contributed by atoms with Crippen LogP contribution in [0.5, 0.6) is 0 Å². The van der Waals surface area contributed by atoms with Gasteiger partial charge >= 0.3 is 0 Å². The Balaban J connectivity index is 3.71. The van der Waals surface area contributed by atoms with Gasteiger partial charge in [0.25, 0.3) is 0 Å². The smallest absolute Gasteiger partial charge is 0.0639 e. The van der Waals surface area contributed by atoms with E-state index in [9.17, 15) is 9.90 Å².